The third kappa shape index (κ3) is 3.95. The van der Waals surface area contributed by atoms with Gasteiger partial charge >= 0.3 is 5.97 Å². The van der Waals surface area contributed by atoms with Gasteiger partial charge in [-0.05, 0) is 25.1 Å². The molecule has 0 aliphatic heterocycles. The van der Waals surface area contributed by atoms with Gasteiger partial charge in [0, 0.05) is 11.3 Å². The molecule has 0 aliphatic carbocycles. The number of anilines is 1. The predicted octanol–water partition coefficient (Wildman–Crippen LogP) is 0.488. The molecule has 0 fully saturated rings. The van der Waals surface area contributed by atoms with Crippen LogP contribution in [0.15, 0.2) is 18.2 Å². The molecule has 0 saturated carbocycles. The van der Waals surface area contributed by atoms with Crippen molar-refractivity contribution in [2.24, 2.45) is 0 Å². The number of aliphatic hydroxyl groups excluding tert-OH is 2. The highest BCUT2D eigenvalue weighted by atomic mass is 16.5. The summed E-state index contributed by atoms with van der Waals surface area (Å²) in [6, 6.07) is 6.26. The van der Waals surface area contributed by atoms with Crippen LogP contribution in [0.1, 0.15) is 30.6 Å². The number of hydrogen-bond acceptors (Lipinski definition) is 6. The van der Waals surface area contributed by atoms with Crippen molar-refractivity contribution in [1.82, 2.24) is 0 Å². The molecule has 6 nitrogen and oxygen atoms in total. The molecular weight excluding hydrogens is 248 g/mol. The molecule has 102 valence electrons. The molecule has 6 heteroatoms. The summed E-state index contributed by atoms with van der Waals surface area (Å²) < 4.78 is 4.68. The van der Waals surface area contributed by atoms with E-state index >= 15 is 0 Å². The van der Waals surface area contributed by atoms with Crippen LogP contribution in [0.2, 0.25) is 0 Å². The highest BCUT2D eigenvalue weighted by Gasteiger charge is 2.24. The van der Waals surface area contributed by atoms with Gasteiger partial charge in [-0.1, -0.05) is 0 Å². The van der Waals surface area contributed by atoms with Gasteiger partial charge in [0.1, 0.15) is 6.10 Å². The van der Waals surface area contributed by atoms with Gasteiger partial charge in [0.15, 0.2) is 0 Å². The van der Waals surface area contributed by atoms with E-state index in [9.17, 15) is 15.0 Å². The lowest BCUT2D eigenvalue weighted by Gasteiger charge is -2.19. The summed E-state index contributed by atoms with van der Waals surface area (Å²) >= 11 is 0. The zero-order chi connectivity index (χ0) is 14.4. The first-order valence-electron chi connectivity index (χ1n) is 5.80. The molecule has 0 heterocycles. The van der Waals surface area contributed by atoms with E-state index < -0.39 is 18.2 Å². The van der Waals surface area contributed by atoms with Crippen LogP contribution in [0.5, 0.6) is 0 Å². The molecule has 1 aromatic rings. The fourth-order valence-electron chi connectivity index (χ4n) is 1.61. The molecular formula is C13H16N2O4. The number of rotatable bonds is 5. The molecule has 4 N–H and O–H groups in total. The van der Waals surface area contributed by atoms with E-state index in [1.807, 2.05) is 6.07 Å². The van der Waals surface area contributed by atoms with Gasteiger partial charge in [-0.2, -0.15) is 5.26 Å². The number of nitrogens with two attached hydrogens (primary N) is 1. The number of benzene rings is 1. The Morgan fingerprint density at radius 1 is 1.53 bits per heavy atom. The van der Waals surface area contributed by atoms with Gasteiger partial charge in [0.2, 0.25) is 0 Å². The number of hydrogen-bond donors (Lipinski definition) is 3. The van der Waals surface area contributed by atoms with Crippen LogP contribution in [0.3, 0.4) is 0 Å². The van der Waals surface area contributed by atoms with Gasteiger partial charge in [-0.15, -0.1) is 0 Å². The number of ether oxygens (including phenoxy) is 1. The Morgan fingerprint density at radius 3 is 2.79 bits per heavy atom. The summed E-state index contributed by atoms with van der Waals surface area (Å²) in [4.78, 5) is 11.2. The van der Waals surface area contributed by atoms with Crippen molar-refractivity contribution in [3.05, 3.63) is 29.3 Å². The molecule has 0 saturated heterocycles. The summed E-state index contributed by atoms with van der Waals surface area (Å²) in [7, 11) is 0. The number of aliphatic hydroxyl groups is 2. The average molecular weight is 264 g/mol. The minimum atomic E-state index is -1.35. The van der Waals surface area contributed by atoms with Gasteiger partial charge in [0.05, 0.1) is 30.8 Å². The summed E-state index contributed by atoms with van der Waals surface area (Å²) in [6.45, 7) is 1.85. The normalized spacial score (nSPS) is 13.4. The van der Waals surface area contributed by atoms with Crippen LogP contribution >= 0.6 is 0 Å². The SMILES string of the molecule is CCOC(=O)CC(O)C(O)c1cc(C#N)ccc1N. The number of carbonyl (C=O) groups excluding carboxylic acids is 1. The van der Waals surface area contributed by atoms with Crippen molar-refractivity contribution in [1.29, 1.82) is 5.26 Å². The summed E-state index contributed by atoms with van der Waals surface area (Å²) in [6.07, 6.45) is -3.03. The van der Waals surface area contributed by atoms with Gasteiger partial charge in [0.25, 0.3) is 0 Å². The Hall–Kier alpha value is -2.10. The second-order valence-corrected chi connectivity index (χ2v) is 3.98. The second kappa shape index (κ2) is 6.73. The van der Waals surface area contributed by atoms with Crippen molar-refractivity contribution in [2.45, 2.75) is 25.6 Å². The number of esters is 1. The maximum atomic E-state index is 11.2. The molecule has 2 unspecified atom stereocenters. The minimum absolute atomic E-state index is 0.202. The van der Waals surface area contributed by atoms with Gasteiger partial charge in [-0.25, -0.2) is 0 Å². The Kier molecular flexibility index (Phi) is 5.30. The summed E-state index contributed by atoms with van der Waals surface area (Å²) in [5.41, 5.74) is 6.45. The lowest BCUT2D eigenvalue weighted by atomic mass is 9.98. The Balaban J connectivity index is 2.84. The topological polar surface area (TPSA) is 117 Å². The lowest BCUT2D eigenvalue weighted by Crippen LogP contribution is -2.24. The average Bonchev–Trinajstić information content (AvgIpc) is 2.38. The Labute approximate surface area is 111 Å². The van der Waals surface area contributed by atoms with E-state index in [2.05, 4.69) is 4.74 Å². The van der Waals surface area contributed by atoms with Crippen LogP contribution < -0.4 is 5.73 Å². The zero-order valence-electron chi connectivity index (χ0n) is 10.5. The number of nitrogens with zero attached hydrogens (tertiary/aromatic N) is 1. The van der Waals surface area contributed by atoms with Crippen LogP contribution in [0, 0.1) is 11.3 Å². The quantitative estimate of drug-likeness (QED) is 0.526. The van der Waals surface area contributed by atoms with Crippen molar-refractivity contribution in [2.75, 3.05) is 12.3 Å². The molecule has 2 atom stereocenters. The fourth-order valence-corrected chi connectivity index (χ4v) is 1.61. The molecule has 0 aromatic heterocycles. The number of carbonyl (C=O) groups is 1. The van der Waals surface area contributed by atoms with Crippen molar-refractivity contribution in [3.63, 3.8) is 0 Å². The highest BCUT2D eigenvalue weighted by molar-refractivity contribution is 5.70. The number of nitrogen functional groups attached to an aromatic ring is 1. The van der Waals surface area contributed by atoms with Crippen LogP contribution in [-0.4, -0.2) is 28.9 Å². The fraction of sp³-hybridized carbons (Fsp3) is 0.385. The molecule has 0 radical (unpaired) electrons. The summed E-state index contributed by atoms with van der Waals surface area (Å²) in [5, 5.41) is 28.5. The molecule has 0 aliphatic rings. The van der Waals surface area contributed by atoms with E-state index in [0.29, 0.717) is 5.56 Å². The maximum Gasteiger partial charge on any atom is 0.308 e. The smallest absolute Gasteiger partial charge is 0.308 e. The largest absolute Gasteiger partial charge is 0.466 e. The first kappa shape index (κ1) is 15.0. The van der Waals surface area contributed by atoms with Crippen molar-refractivity contribution in [3.8, 4) is 6.07 Å². The predicted molar refractivity (Wildman–Crippen MR) is 67.8 cm³/mol. The minimum Gasteiger partial charge on any atom is -0.466 e. The molecule has 0 bridgehead atoms. The highest BCUT2D eigenvalue weighted by Crippen LogP contribution is 2.25. The van der Waals surface area contributed by atoms with Crippen LogP contribution in [0.4, 0.5) is 5.69 Å². The molecule has 1 aromatic carbocycles. The summed E-state index contributed by atoms with van der Waals surface area (Å²) in [5.74, 6) is -0.607. The Morgan fingerprint density at radius 2 is 2.21 bits per heavy atom. The number of nitriles is 1. The van der Waals surface area contributed by atoms with Crippen molar-refractivity contribution >= 4 is 11.7 Å². The third-order valence-electron chi connectivity index (χ3n) is 2.58. The standard InChI is InChI=1S/C13H16N2O4/c1-2-19-12(17)6-11(16)13(18)9-5-8(7-14)3-4-10(9)15/h3-5,11,13,16,18H,2,6,15H2,1H3. The Bertz CT molecular complexity index is 496. The zero-order valence-corrected chi connectivity index (χ0v) is 10.5. The first-order chi connectivity index (χ1) is 8.99. The van der Waals surface area contributed by atoms with Crippen LogP contribution in [0.25, 0.3) is 0 Å². The monoisotopic (exact) mass is 264 g/mol. The van der Waals surface area contributed by atoms with E-state index in [0.717, 1.165) is 0 Å². The van der Waals surface area contributed by atoms with Crippen molar-refractivity contribution < 1.29 is 19.7 Å². The van der Waals surface area contributed by atoms with E-state index in [1.165, 1.54) is 18.2 Å². The van der Waals surface area contributed by atoms with Gasteiger partial charge < -0.3 is 20.7 Å². The third-order valence-corrected chi connectivity index (χ3v) is 2.58. The van der Waals surface area contributed by atoms with E-state index in [1.54, 1.807) is 6.92 Å². The lowest BCUT2D eigenvalue weighted by molar-refractivity contribution is -0.147. The van der Waals surface area contributed by atoms with Gasteiger partial charge in [-0.3, -0.25) is 4.79 Å². The molecule has 19 heavy (non-hydrogen) atoms. The van der Waals surface area contributed by atoms with Crippen LogP contribution in [-0.2, 0) is 9.53 Å². The second-order valence-electron chi connectivity index (χ2n) is 3.98. The first-order valence-corrected chi connectivity index (χ1v) is 5.80. The molecule has 1 rings (SSSR count). The van der Waals surface area contributed by atoms with E-state index in [4.69, 9.17) is 11.0 Å². The molecule has 0 spiro atoms. The molecule has 0 amide bonds. The maximum absolute atomic E-state index is 11.2. The van der Waals surface area contributed by atoms with E-state index in [-0.39, 0.29) is 24.3 Å².